The molecule has 2 rings (SSSR count). The molecule has 1 fully saturated rings. The number of hydrogen-bond donors (Lipinski definition) is 2. The number of piperazine rings is 1. The van der Waals surface area contributed by atoms with E-state index in [2.05, 4.69) is 15.5 Å². The molecule has 1 aromatic rings. The van der Waals surface area contributed by atoms with E-state index < -0.39 is 5.82 Å². The molecule has 124 valence electrons. The molecular formula is C14H20Cl2FN3O2. The van der Waals surface area contributed by atoms with Crippen molar-refractivity contribution in [1.82, 2.24) is 15.5 Å². The van der Waals surface area contributed by atoms with E-state index in [0.29, 0.717) is 12.3 Å². The van der Waals surface area contributed by atoms with Crippen LogP contribution in [0.3, 0.4) is 0 Å². The fourth-order valence-corrected chi connectivity index (χ4v) is 2.30. The molecule has 1 heterocycles. The third-order valence-electron chi connectivity index (χ3n) is 3.21. The second-order valence-electron chi connectivity index (χ2n) is 4.81. The van der Waals surface area contributed by atoms with Crippen LogP contribution in [0.1, 0.15) is 0 Å². The number of carbonyl (C=O) groups is 1. The van der Waals surface area contributed by atoms with Crippen LogP contribution >= 0.6 is 24.0 Å². The summed E-state index contributed by atoms with van der Waals surface area (Å²) in [6.07, 6.45) is 0. The minimum absolute atomic E-state index is 0. The van der Waals surface area contributed by atoms with Crippen LogP contribution in [0.4, 0.5) is 4.39 Å². The van der Waals surface area contributed by atoms with Gasteiger partial charge in [0.25, 0.3) is 5.91 Å². The highest BCUT2D eigenvalue weighted by Crippen LogP contribution is 2.24. The quantitative estimate of drug-likeness (QED) is 0.811. The molecule has 0 aliphatic carbocycles. The van der Waals surface area contributed by atoms with Crippen molar-refractivity contribution in [2.75, 3.05) is 45.9 Å². The van der Waals surface area contributed by atoms with Crippen LogP contribution in [0.25, 0.3) is 0 Å². The number of rotatable bonds is 6. The van der Waals surface area contributed by atoms with Gasteiger partial charge in [0.05, 0.1) is 5.02 Å². The summed E-state index contributed by atoms with van der Waals surface area (Å²) in [5, 5.41) is 6.22. The number of nitrogens with zero attached hydrogens (tertiary/aromatic N) is 1. The fourth-order valence-electron chi connectivity index (χ4n) is 2.07. The Hall–Kier alpha value is -1.08. The molecule has 5 nitrogen and oxygen atoms in total. The van der Waals surface area contributed by atoms with Crippen molar-refractivity contribution in [1.29, 1.82) is 0 Å². The molecule has 2 N–H and O–H groups in total. The molecule has 8 heteroatoms. The molecule has 0 bridgehead atoms. The Bertz CT molecular complexity index is 485. The number of benzene rings is 1. The van der Waals surface area contributed by atoms with Crippen LogP contribution in [0, 0.1) is 5.82 Å². The highest BCUT2D eigenvalue weighted by Gasteiger charge is 2.10. The lowest BCUT2D eigenvalue weighted by Gasteiger charge is -2.27. The lowest BCUT2D eigenvalue weighted by Crippen LogP contribution is -2.46. The molecule has 0 aromatic heterocycles. The minimum Gasteiger partial charge on any atom is -0.482 e. The van der Waals surface area contributed by atoms with Gasteiger partial charge >= 0.3 is 0 Å². The number of nitrogens with one attached hydrogen (secondary N) is 2. The van der Waals surface area contributed by atoms with Crippen molar-refractivity contribution in [3.05, 3.63) is 29.0 Å². The smallest absolute Gasteiger partial charge is 0.257 e. The molecule has 0 unspecified atom stereocenters. The molecule has 1 aromatic carbocycles. The summed E-state index contributed by atoms with van der Waals surface area (Å²) in [7, 11) is 0. The standard InChI is InChI=1S/C14H19ClFN3O2.ClH/c15-12-9-11(16)1-2-13(12)21-10-14(20)18-5-8-19-6-3-17-4-7-19;/h1-2,9,17H,3-8,10H2,(H,18,20);1H. The summed E-state index contributed by atoms with van der Waals surface area (Å²) >= 11 is 5.81. The molecule has 0 atom stereocenters. The van der Waals surface area contributed by atoms with Crippen LogP contribution in [-0.2, 0) is 4.79 Å². The molecule has 0 saturated carbocycles. The number of halogens is 3. The second kappa shape index (κ2) is 9.84. The van der Waals surface area contributed by atoms with E-state index in [0.717, 1.165) is 38.8 Å². The second-order valence-corrected chi connectivity index (χ2v) is 5.21. The maximum atomic E-state index is 12.9. The topological polar surface area (TPSA) is 53.6 Å². The van der Waals surface area contributed by atoms with Gasteiger partial charge in [0.1, 0.15) is 11.6 Å². The van der Waals surface area contributed by atoms with Crippen LogP contribution in [0.5, 0.6) is 5.75 Å². The molecule has 1 aliphatic rings. The SMILES string of the molecule is Cl.O=C(COc1ccc(F)cc1Cl)NCCN1CCNCC1. The Balaban J connectivity index is 0.00000242. The van der Waals surface area contributed by atoms with Crippen molar-refractivity contribution >= 4 is 29.9 Å². The number of hydrogen-bond acceptors (Lipinski definition) is 4. The Labute approximate surface area is 140 Å². The summed E-state index contributed by atoms with van der Waals surface area (Å²) in [5.74, 6) is -0.353. The highest BCUT2D eigenvalue weighted by atomic mass is 35.5. The van der Waals surface area contributed by atoms with Gasteiger partial charge in [-0.25, -0.2) is 4.39 Å². The summed E-state index contributed by atoms with van der Waals surface area (Å²) in [6, 6.07) is 3.80. The van der Waals surface area contributed by atoms with Crippen molar-refractivity contribution in [2.45, 2.75) is 0 Å². The molecule has 1 aliphatic heterocycles. The van der Waals surface area contributed by atoms with Crippen molar-refractivity contribution in [3.8, 4) is 5.75 Å². The highest BCUT2D eigenvalue weighted by molar-refractivity contribution is 6.32. The minimum atomic E-state index is -0.437. The first-order valence-corrected chi connectivity index (χ1v) is 7.30. The van der Waals surface area contributed by atoms with E-state index in [9.17, 15) is 9.18 Å². The average molecular weight is 352 g/mol. The third kappa shape index (κ3) is 6.36. The maximum Gasteiger partial charge on any atom is 0.257 e. The monoisotopic (exact) mass is 351 g/mol. The first-order valence-electron chi connectivity index (χ1n) is 6.93. The van der Waals surface area contributed by atoms with Gasteiger partial charge in [0.2, 0.25) is 0 Å². The van der Waals surface area contributed by atoms with E-state index in [1.807, 2.05) is 0 Å². The average Bonchev–Trinajstić information content (AvgIpc) is 2.47. The number of ether oxygens (including phenoxy) is 1. The van der Waals surface area contributed by atoms with Gasteiger partial charge in [-0.3, -0.25) is 9.69 Å². The summed E-state index contributed by atoms with van der Waals surface area (Å²) in [6.45, 7) is 5.24. The van der Waals surface area contributed by atoms with Crippen LogP contribution in [-0.4, -0.2) is 56.7 Å². The number of amides is 1. The summed E-state index contributed by atoms with van der Waals surface area (Å²) in [5.41, 5.74) is 0. The van der Waals surface area contributed by atoms with E-state index in [1.54, 1.807) is 0 Å². The summed E-state index contributed by atoms with van der Waals surface area (Å²) in [4.78, 5) is 13.9. The van der Waals surface area contributed by atoms with E-state index >= 15 is 0 Å². The van der Waals surface area contributed by atoms with Gasteiger partial charge in [-0.15, -0.1) is 12.4 Å². The van der Waals surface area contributed by atoms with Gasteiger partial charge < -0.3 is 15.4 Å². The lowest BCUT2D eigenvalue weighted by molar-refractivity contribution is -0.123. The fraction of sp³-hybridized carbons (Fsp3) is 0.500. The normalized spacial score (nSPS) is 15.0. The molecule has 0 radical (unpaired) electrons. The third-order valence-corrected chi connectivity index (χ3v) is 3.51. The van der Waals surface area contributed by atoms with Crippen LogP contribution in [0.2, 0.25) is 5.02 Å². The molecular weight excluding hydrogens is 332 g/mol. The molecule has 0 spiro atoms. The Morgan fingerprint density at radius 1 is 1.41 bits per heavy atom. The van der Waals surface area contributed by atoms with Gasteiger partial charge in [-0.2, -0.15) is 0 Å². The predicted octanol–water partition coefficient (Wildman–Crippen LogP) is 1.30. The van der Waals surface area contributed by atoms with Gasteiger partial charge in [-0.1, -0.05) is 11.6 Å². The van der Waals surface area contributed by atoms with Crippen LogP contribution < -0.4 is 15.4 Å². The Morgan fingerprint density at radius 3 is 2.82 bits per heavy atom. The predicted molar refractivity (Wildman–Crippen MR) is 86.5 cm³/mol. The zero-order valence-electron chi connectivity index (χ0n) is 12.1. The maximum absolute atomic E-state index is 12.9. The van der Waals surface area contributed by atoms with Crippen LogP contribution in [0.15, 0.2) is 18.2 Å². The lowest BCUT2D eigenvalue weighted by atomic mass is 10.3. The van der Waals surface area contributed by atoms with Crippen molar-refractivity contribution in [2.24, 2.45) is 0 Å². The zero-order chi connectivity index (χ0) is 15.1. The van der Waals surface area contributed by atoms with Gasteiger partial charge in [0, 0.05) is 39.3 Å². The zero-order valence-corrected chi connectivity index (χ0v) is 13.7. The largest absolute Gasteiger partial charge is 0.482 e. The summed E-state index contributed by atoms with van der Waals surface area (Å²) < 4.78 is 18.1. The van der Waals surface area contributed by atoms with Gasteiger partial charge in [-0.05, 0) is 18.2 Å². The molecule has 1 amide bonds. The first kappa shape index (κ1) is 19.0. The van der Waals surface area contributed by atoms with E-state index in [4.69, 9.17) is 16.3 Å². The first-order chi connectivity index (χ1) is 10.1. The van der Waals surface area contributed by atoms with E-state index in [1.165, 1.54) is 12.1 Å². The number of carbonyl (C=O) groups excluding carboxylic acids is 1. The van der Waals surface area contributed by atoms with E-state index in [-0.39, 0.29) is 29.9 Å². The molecule has 1 saturated heterocycles. The van der Waals surface area contributed by atoms with Crippen molar-refractivity contribution < 1.29 is 13.9 Å². The Kier molecular flexibility index (Phi) is 8.48. The van der Waals surface area contributed by atoms with Gasteiger partial charge in [0.15, 0.2) is 6.61 Å². The van der Waals surface area contributed by atoms with Crippen molar-refractivity contribution in [3.63, 3.8) is 0 Å². The molecule has 22 heavy (non-hydrogen) atoms. The Morgan fingerprint density at radius 2 is 2.14 bits per heavy atom.